The smallest absolute Gasteiger partial charge is 0.268 e. The number of hydrogen-bond donors (Lipinski definition) is 2. The summed E-state index contributed by atoms with van der Waals surface area (Å²) in [4.78, 5) is 23.6. The molecule has 8 nitrogen and oxygen atoms in total. The number of aliphatic hydroxyl groups is 1. The third kappa shape index (κ3) is 31.2. The average Bonchev–Trinajstić information content (AvgIpc) is 2.94. The molecule has 0 aromatic rings. The van der Waals surface area contributed by atoms with E-state index in [1.165, 1.54) is 129 Å². The fourth-order valence-corrected chi connectivity index (χ4v) is 5.91. The summed E-state index contributed by atoms with van der Waals surface area (Å²) in [6, 6.07) is -0.882. The molecule has 44 heavy (non-hydrogen) atoms. The Morgan fingerprint density at radius 1 is 0.773 bits per heavy atom. The Kier molecular flexibility index (Phi) is 28.0. The van der Waals surface area contributed by atoms with Gasteiger partial charge in [0, 0.05) is 6.92 Å². The van der Waals surface area contributed by atoms with Crippen molar-refractivity contribution < 1.29 is 32.9 Å². The molecule has 0 aliphatic carbocycles. The number of phosphoric acid groups is 1. The van der Waals surface area contributed by atoms with Crippen LogP contribution in [0.3, 0.4) is 0 Å². The molecule has 0 heterocycles. The molecule has 0 spiro atoms. The minimum absolute atomic E-state index is 0.00293. The molecule has 0 rings (SSSR count). The number of aliphatic hydroxyl groups excluding tert-OH is 1. The predicted molar refractivity (Wildman–Crippen MR) is 182 cm³/mol. The summed E-state index contributed by atoms with van der Waals surface area (Å²) in [5.41, 5.74) is 0. The van der Waals surface area contributed by atoms with Gasteiger partial charge in [-0.3, -0.25) is 9.36 Å². The third-order valence-corrected chi connectivity index (χ3v) is 9.00. The highest BCUT2D eigenvalue weighted by atomic mass is 31.2. The molecule has 0 saturated heterocycles. The second-order valence-corrected chi connectivity index (χ2v) is 15.1. The number of quaternary nitrogens is 1. The number of nitrogens with one attached hydrogen (secondary N) is 1. The highest BCUT2D eigenvalue weighted by Crippen LogP contribution is 2.38. The Labute approximate surface area is 272 Å². The van der Waals surface area contributed by atoms with E-state index < -0.39 is 26.6 Å². The highest BCUT2D eigenvalue weighted by molar-refractivity contribution is 7.45. The van der Waals surface area contributed by atoms with Crippen LogP contribution in [0.15, 0.2) is 12.2 Å². The van der Waals surface area contributed by atoms with Crippen LogP contribution in [-0.2, 0) is 18.4 Å². The van der Waals surface area contributed by atoms with Gasteiger partial charge in [0.25, 0.3) is 7.82 Å². The molecule has 1 amide bonds. The number of nitrogens with zero attached hydrogens (tertiary/aromatic N) is 1. The normalized spacial score (nSPS) is 15.0. The van der Waals surface area contributed by atoms with Crippen LogP contribution in [0.2, 0.25) is 0 Å². The van der Waals surface area contributed by atoms with Crippen LogP contribution < -0.4 is 10.2 Å². The number of hydrogen-bond acceptors (Lipinski definition) is 6. The first-order valence-electron chi connectivity index (χ1n) is 18.0. The molecular formula is C35H71N2O6P. The van der Waals surface area contributed by atoms with E-state index in [0.717, 1.165) is 19.3 Å². The molecule has 0 saturated carbocycles. The van der Waals surface area contributed by atoms with E-state index in [0.29, 0.717) is 11.0 Å². The van der Waals surface area contributed by atoms with Crippen molar-refractivity contribution in [3.63, 3.8) is 0 Å². The average molecular weight is 647 g/mol. The number of rotatable bonds is 32. The second-order valence-electron chi connectivity index (χ2n) is 13.7. The molecule has 3 unspecified atom stereocenters. The number of amides is 1. The fraction of sp³-hybridized carbons (Fsp3) is 0.914. The Balaban J connectivity index is 3.76. The second kappa shape index (κ2) is 28.5. The van der Waals surface area contributed by atoms with Crippen molar-refractivity contribution >= 4 is 13.7 Å². The van der Waals surface area contributed by atoms with Crippen LogP contribution in [0, 0.1) is 0 Å². The fourth-order valence-electron chi connectivity index (χ4n) is 5.19. The lowest BCUT2D eigenvalue weighted by molar-refractivity contribution is -0.870. The number of phosphoric ester groups is 1. The molecular weight excluding hydrogens is 575 g/mol. The minimum Gasteiger partial charge on any atom is -0.756 e. The van der Waals surface area contributed by atoms with Gasteiger partial charge in [0.15, 0.2) is 0 Å². The van der Waals surface area contributed by atoms with Crippen LogP contribution in [0.1, 0.15) is 155 Å². The number of carbonyl (C=O) groups excluding carboxylic acids is 1. The van der Waals surface area contributed by atoms with E-state index in [1.807, 2.05) is 27.2 Å². The quantitative estimate of drug-likeness (QED) is 0.0330. The largest absolute Gasteiger partial charge is 0.756 e. The van der Waals surface area contributed by atoms with Crippen molar-refractivity contribution in [2.24, 2.45) is 0 Å². The van der Waals surface area contributed by atoms with Gasteiger partial charge in [-0.15, -0.1) is 0 Å². The maximum atomic E-state index is 12.1. The lowest BCUT2D eigenvalue weighted by atomic mass is 10.0. The molecule has 9 heteroatoms. The summed E-state index contributed by atoms with van der Waals surface area (Å²) in [5.74, 6) is -0.373. The maximum Gasteiger partial charge on any atom is 0.268 e. The molecule has 262 valence electrons. The molecule has 0 aromatic heterocycles. The minimum atomic E-state index is -4.53. The lowest BCUT2D eigenvalue weighted by Gasteiger charge is -2.29. The van der Waals surface area contributed by atoms with E-state index in [9.17, 15) is 19.4 Å². The molecule has 0 aliphatic rings. The number of likely N-dealkylation sites (N-methyl/N-ethyl adjacent to an activating group) is 1. The topological polar surface area (TPSA) is 108 Å². The summed E-state index contributed by atoms with van der Waals surface area (Å²) in [6.07, 6.45) is 31.8. The summed E-state index contributed by atoms with van der Waals surface area (Å²) in [5, 5.41) is 13.1. The summed E-state index contributed by atoms with van der Waals surface area (Å²) in [7, 11) is 1.25. The molecule has 3 atom stereocenters. The molecule has 2 N–H and O–H groups in total. The highest BCUT2D eigenvalue weighted by Gasteiger charge is 2.22. The lowest BCUT2D eigenvalue weighted by Crippen LogP contribution is -2.45. The van der Waals surface area contributed by atoms with Crippen LogP contribution >= 0.6 is 7.82 Å². The van der Waals surface area contributed by atoms with Gasteiger partial charge < -0.3 is 28.8 Å². The van der Waals surface area contributed by atoms with Crippen molar-refractivity contribution in [2.75, 3.05) is 40.9 Å². The van der Waals surface area contributed by atoms with Gasteiger partial charge in [-0.2, -0.15) is 0 Å². The number of unbranched alkanes of at least 4 members (excludes halogenated alkanes) is 21. The van der Waals surface area contributed by atoms with Crippen LogP contribution in [-0.4, -0.2) is 68.5 Å². The SMILES string of the molecule is CCCCCCCCCCCCCCCCCCCCCCC/C=C/C(O)C(COP(=O)([O-])OCC[N+](C)(C)C)NC(C)=O. The Morgan fingerprint density at radius 3 is 1.57 bits per heavy atom. The van der Waals surface area contributed by atoms with Crippen LogP contribution in [0.25, 0.3) is 0 Å². The van der Waals surface area contributed by atoms with E-state index in [2.05, 4.69) is 12.2 Å². The van der Waals surface area contributed by atoms with Gasteiger partial charge in [0.2, 0.25) is 5.91 Å². The number of carbonyl (C=O) groups is 1. The Bertz CT molecular complexity index is 743. The molecule has 0 fully saturated rings. The molecule has 0 radical (unpaired) electrons. The Morgan fingerprint density at radius 2 is 1.18 bits per heavy atom. The van der Waals surface area contributed by atoms with E-state index >= 15 is 0 Å². The molecule has 0 aliphatic heterocycles. The summed E-state index contributed by atoms with van der Waals surface area (Å²) in [6.45, 7) is 3.70. The zero-order valence-electron chi connectivity index (χ0n) is 29.4. The Hall–Kier alpha value is -0.760. The van der Waals surface area contributed by atoms with Gasteiger partial charge in [0.1, 0.15) is 13.2 Å². The maximum absolute atomic E-state index is 12.1. The van der Waals surface area contributed by atoms with Gasteiger partial charge in [-0.05, 0) is 12.8 Å². The van der Waals surface area contributed by atoms with Crippen LogP contribution in [0.5, 0.6) is 0 Å². The first-order valence-corrected chi connectivity index (χ1v) is 19.5. The van der Waals surface area contributed by atoms with Gasteiger partial charge in [0.05, 0.1) is 39.9 Å². The van der Waals surface area contributed by atoms with Crippen molar-refractivity contribution in [3.05, 3.63) is 12.2 Å². The number of allylic oxidation sites excluding steroid dienone is 1. The summed E-state index contributed by atoms with van der Waals surface area (Å²) >= 11 is 0. The third-order valence-electron chi connectivity index (χ3n) is 8.03. The first kappa shape index (κ1) is 43.2. The summed E-state index contributed by atoms with van der Waals surface area (Å²) < 4.78 is 22.5. The van der Waals surface area contributed by atoms with Crippen LogP contribution in [0.4, 0.5) is 0 Å². The van der Waals surface area contributed by atoms with E-state index in [4.69, 9.17) is 9.05 Å². The van der Waals surface area contributed by atoms with Gasteiger partial charge in [-0.25, -0.2) is 0 Å². The monoisotopic (exact) mass is 647 g/mol. The van der Waals surface area contributed by atoms with Crippen molar-refractivity contribution in [1.82, 2.24) is 5.32 Å². The standard InChI is InChI=1S/C35H71N2O6P/c1-6-7-8-9-10-11-12-13-14-15-16-17-18-19-20-21-22-23-24-25-26-27-28-29-35(39)34(36-33(2)38)32-43-44(40,41)42-31-30-37(3,4)5/h28-29,34-35,39H,6-27,30-32H2,1-5H3,(H-,36,38,40,41)/b29-28+. The van der Waals surface area contributed by atoms with Crippen molar-refractivity contribution in [1.29, 1.82) is 0 Å². The van der Waals surface area contributed by atoms with Crippen molar-refractivity contribution in [2.45, 2.75) is 167 Å². The first-order chi connectivity index (χ1) is 21.0. The van der Waals surface area contributed by atoms with E-state index in [-0.39, 0.29) is 12.5 Å². The van der Waals surface area contributed by atoms with Gasteiger partial charge in [-0.1, -0.05) is 147 Å². The zero-order chi connectivity index (χ0) is 32.9. The van der Waals surface area contributed by atoms with E-state index in [1.54, 1.807) is 6.08 Å². The molecule has 0 bridgehead atoms. The van der Waals surface area contributed by atoms with Gasteiger partial charge >= 0.3 is 0 Å². The predicted octanol–water partition coefficient (Wildman–Crippen LogP) is 8.22. The molecule has 0 aromatic carbocycles. The van der Waals surface area contributed by atoms with Crippen molar-refractivity contribution in [3.8, 4) is 0 Å². The zero-order valence-corrected chi connectivity index (χ0v) is 30.3.